The van der Waals surface area contributed by atoms with Crippen LogP contribution in [0.4, 0.5) is 0 Å². The summed E-state index contributed by atoms with van der Waals surface area (Å²) in [5.74, 6) is 0.440. The van der Waals surface area contributed by atoms with Crippen molar-refractivity contribution in [1.82, 2.24) is 9.97 Å². The molecule has 5 heteroatoms. The number of rotatable bonds is 2. The number of hydrogen-bond acceptors (Lipinski definition) is 4. The Morgan fingerprint density at radius 3 is 2.81 bits per heavy atom. The summed E-state index contributed by atoms with van der Waals surface area (Å²) in [6.07, 6.45) is 0.837. The minimum atomic E-state index is -0.246. The van der Waals surface area contributed by atoms with E-state index in [9.17, 15) is 9.90 Å². The lowest BCUT2D eigenvalue weighted by atomic mass is 10.1. The topological polar surface area (TPSA) is 75.2 Å². The van der Waals surface area contributed by atoms with Crippen LogP contribution in [-0.4, -0.2) is 28.3 Å². The van der Waals surface area contributed by atoms with E-state index in [0.29, 0.717) is 24.6 Å². The second-order valence-corrected chi connectivity index (χ2v) is 4.40. The van der Waals surface area contributed by atoms with Crippen molar-refractivity contribution in [3.63, 3.8) is 0 Å². The average molecular weight is 224 g/mol. The molecule has 0 bridgehead atoms. The molecule has 1 atom stereocenters. The summed E-state index contributed by atoms with van der Waals surface area (Å²) >= 11 is 0. The summed E-state index contributed by atoms with van der Waals surface area (Å²) in [6.45, 7) is 4.94. The number of aromatic hydroxyl groups is 1. The zero-order valence-corrected chi connectivity index (χ0v) is 9.49. The number of hydrogen-bond donors (Lipinski definition) is 2. The second kappa shape index (κ2) is 4.25. The van der Waals surface area contributed by atoms with E-state index in [1.165, 1.54) is 0 Å². The first-order chi connectivity index (χ1) is 7.59. The molecule has 2 heterocycles. The van der Waals surface area contributed by atoms with Crippen LogP contribution in [-0.2, 0) is 4.74 Å². The molecule has 16 heavy (non-hydrogen) atoms. The molecular formula is C11H16N2O3. The largest absolute Gasteiger partial charge is 0.493 e. The summed E-state index contributed by atoms with van der Waals surface area (Å²) in [7, 11) is 0. The highest BCUT2D eigenvalue weighted by atomic mass is 16.5. The number of H-pyrrole nitrogens is 1. The van der Waals surface area contributed by atoms with Crippen LogP contribution in [0.5, 0.6) is 5.88 Å². The Balaban J connectivity index is 2.40. The van der Waals surface area contributed by atoms with Crippen molar-refractivity contribution >= 4 is 0 Å². The van der Waals surface area contributed by atoms with Crippen molar-refractivity contribution in [2.24, 2.45) is 0 Å². The Morgan fingerprint density at radius 1 is 1.56 bits per heavy atom. The van der Waals surface area contributed by atoms with Gasteiger partial charge in [0.2, 0.25) is 5.88 Å². The summed E-state index contributed by atoms with van der Waals surface area (Å²) in [5.41, 5.74) is 0.104. The minimum absolute atomic E-state index is 0.0369. The number of nitrogens with zero attached hydrogens (tertiary/aromatic N) is 1. The molecule has 0 aromatic carbocycles. The number of aromatic amines is 1. The predicted octanol–water partition coefficient (Wildman–Crippen LogP) is 1.10. The van der Waals surface area contributed by atoms with Crippen LogP contribution in [0.3, 0.4) is 0 Å². The van der Waals surface area contributed by atoms with Gasteiger partial charge in [0.1, 0.15) is 5.82 Å². The van der Waals surface area contributed by atoms with Gasteiger partial charge in [-0.25, -0.2) is 0 Å². The number of ether oxygens (including phenoxy) is 1. The highest BCUT2D eigenvalue weighted by Gasteiger charge is 2.23. The van der Waals surface area contributed by atoms with Gasteiger partial charge in [-0.1, -0.05) is 13.8 Å². The van der Waals surface area contributed by atoms with E-state index in [0.717, 1.165) is 6.42 Å². The van der Waals surface area contributed by atoms with E-state index in [-0.39, 0.29) is 23.3 Å². The first-order valence-corrected chi connectivity index (χ1v) is 5.50. The molecule has 0 spiro atoms. The van der Waals surface area contributed by atoms with E-state index >= 15 is 0 Å². The first kappa shape index (κ1) is 11.1. The molecule has 0 amide bonds. The van der Waals surface area contributed by atoms with Crippen molar-refractivity contribution in [2.45, 2.75) is 32.1 Å². The van der Waals surface area contributed by atoms with Gasteiger partial charge in [0, 0.05) is 12.5 Å². The van der Waals surface area contributed by atoms with Crippen LogP contribution >= 0.6 is 0 Å². The van der Waals surface area contributed by atoms with E-state index in [4.69, 9.17) is 4.74 Å². The van der Waals surface area contributed by atoms with Crippen LogP contribution in [0.15, 0.2) is 4.79 Å². The third-order valence-corrected chi connectivity index (χ3v) is 2.85. The first-order valence-electron chi connectivity index (χ1n) is 5.50. The molecule has 1 saturated heterocycles. The summed E-state index contributed by atoms with van der Waals surface area (Å²) in [4.78, 5) is 18.6. The SMILES string of the molecule is CC(C)c1c(O)nc(C2CCOC2)[nH]c1=O. The van der Waals surface area contributed by atoms with Gasteiger partial charge in [-0.15, -0.1) is 0 Å². The Bertz CT molecular complexity index is 433. The van der Waals surface area contributed by atoms with Crippen LogP contribution in [0, 0.1) is 0 Å². The third kappa shape index (κ3) is 1.95. The standard InChI is InChI=1S/C11H16N2O3/c1-6(2)8-10(14)12-9(13-11(8)15)7-3-4-16-5-7/h6-7H,3-5H2,1-2H3,(H2,12,13,14,15). The quantitative estimate of drug-likeness (QED) is 0.788. The molecule has 1 aromatic heterocycles. The highest BCUT2D eigenvalue weighted by molar-refractivity contribution is 5.26. The van der Waals surface area contributed by atoms with Crippen LogP contribution in [0.2, 0.25) is 0 Å². The van der Waals surface area contributed by atoms with Gasteiger partial charge in [-0.3, -0.25) is 4.79 Å². The van der Waals surface area contributed by atoms with Crippen LogP contribution < -0.4 is 5.56 Å². The highest BCUT2D eigenvalue weighted by Crippen LogP contribution is 2.25. The summed E-state index contributed by atoms with van der Waals surface area (Å²) in [5, 5.41) is 9.73. The van der Waals surface area contributed by atoms with Crippen molar-refractivity contribution in [3.8, 4) is 5.88 Å². The van der Waals surface area contributed by atoms with Gasteiger partial charge < -0.3 is 14.8 Å². The Hall–Kier alpha value is -1.36. The van der Waals surface area contributed by atoms with E-state index in [2.05, 4.69) is 9.97 Å². The van der Waals surface area contributed by atoms with Gasteiger partial charge in [-0.2, -0.15) is 4.98 Å². The average Bonchev–Trinajstić information content (AvgIpc) is 2.67. The molecule has 2 rings (SSSR count). The Labute approximate surface area is 93.5 Å². The molecule has 0 aliphatic carbocycles. The van der Waals surface area contributed by atoms with Gasteiger partial charge >= 0.3 is 0 Å². The zero-order valence-electron chi connectivity index (χ0n) is 9.49. The monoisotopic (exact) mass is 224 g/mol. The van der Waals surface area contributed by atoms with Crippen molar-refractivity contribution in [2.75, 3.05) is 13.2 Å². The van der Waals surface area contributed by atoms with Gasteiger partial charge in [0.25, 0.3) is 5.56 Å². The zero-order chi connectivity index (χ0) is 11.7. The van der Waals surface area contributed by atoms with Crippen molar-refractivity contribution in [1.29, 1.82) is 0 Å². The molecular weight excluding hydrogens is 208 g/mol. The summed E-state index contributed by atoms with van der Waals surface area (Å²) in [6, 6.07) is 0. The Morgan fingerprint density at radius 2 is 2.31 bits per heavy atom. The normalized spacial score (nSPS) is 20.6. The fraction of sp³-hybridized carbons (Fsp3) is 0.636. The van der Waals surface area contributed by atoms with E-state index in [1.807, 2.05) is 13.8 Å². The second-order valence-electron chi connectivity index (χ2n) is 4.40. The van der Waals surface area contributed by atoms with Gasteiger partial charge in [0.05, 0.1) is 12.2 Å². The molecule has 1 unspecified atom stereocenters. The molecule has 1 aliphatic rings. The molecule has 2 N–H and O–H groups in total. The molecule has 1 fully saturated rings. The van der Waals surface area contributed by atoms with E-state index < -0.39 is 0 Å². The van der Waals surface area contributed by atoms with Crippen LogP contribution in [0.1, 0.15) is 43.5 Å². The molecule has 88 valence electrons. The maximum Gasteiger partial charge on any atom is 0.258 e. The third-order valence-electron chi connectivity index (χ3n) is 2.85. The maximum absolute atomic E-state index is 11.8. The maximum atomic E-state index is 11.8. The number of nitrogens with one attached hydrogen (secondary N) is 1. The smallest absolute Gasteiger partial charge is 0.258 e. The van der Waals surface area contributed by atoms with Gasteiger partial charge in [-0.05, 0) is 12.3 Å². The fourth-order valence-corrected chi connectivity index (χ4v) is 1.95. The van der Waals surface area contributed by atoms with Crippen molar-refractivity contribution in [3.05, 3.63) is 21.7 Å². The molecule has 5 nitrogen and oxygen atoms in total. The lowest BCUT2D eigenvalue weighted by molar-refractivity contribution is 0.193. The molecule has 1 aliphatic heterocycles. The minimum Gasteiger partial charge on any atom is -0.493 e. The molecule has 1 aromatic rings. The number of aromatic nitrogens is 2. The lowest BCUT2D eigenvalue weighted by Gasteiger charge is -2.11. The predicted molar refractivity (Wildman–Crippen MR) is 58.8 cm³/mol. The van der Waals surface area contributed by atoms with E-state index in [1.54, 1.807) is 0 Å². The fourth-order valence-electron chi connectivity index (χ4n) is 1.95. The summed E-state index contributed by atoms with van der Waals surface area (Å²) < 4.78 is 5.23. The molecule has 0 saturated carbocycles. The molecule has 0 radical (unpaired) electrons. The van der Waals surface area contributed by atoms with Crippen molar-refractivity contribution < 1.29 is 9.84 Å². The van der Waals surface area contributed by atoms with Gasteiger partial charge in [0.15, 0.2) is 0 Å². The lowest BCUT2D eigenvalue weighted by Crippen LogP contribution is -2.19. The Kier molecular flexibility index (Phi) is 2.96. The van der Waals surface area contributed by atoms with Crippen LogP contribution in [0.25, 0.3) is 0 Å².